The zero-order chi connectivity index (χ0) is 26.0. The molecule has 1 fully saturated rings. The van der Waals surface area contributed by atoms with Crippen molar-refractivity contribution < 1.29 is 27.0 Å². The summed E-state index contributed by atoms with van der Waals surface area (Å²) >= 11 is 0. The second-order valence-electron chi connectivity index (χ2n) is 10.1. The van der Waals surface area contributed by atoms with E-state index in [2.05, 4.69) is 11.7 Å². The molecule has 2 aromatic rings. The zero-order valence-corrected chi connectivity index (χ0v) is 21.6. The smallest absolute Gasteiger partial charge is 0.398 e. The first-order valence-corrected chi connectivity index (χ1v) is 13.6. The summed E-state index contributed by atoms with van der Waals surface area (Å²) < 4.78 is 66.1. The molecular weight excluding hydrogens is 468 g/mol. The van der Waals surface area contributed by atoms with Gasteiger partial charge >= 0.3 is 6.11 Å². The van der Waals surface area contributed by atoms with Crippen LogP contribution in [0.5, 0.6) is 11.5 Å². The second-order valence-corrected chi connectivity index (χ2v) is 10.1. The number of halogens is 4. The first kappa shape index (κ1) is 28.3. The molecule has 0 amide bonds. The van der Waals surface area contributed by atoms with Gasteiger partial charge in [-0.05, 0) is 61.3 Å². The van der Waals surface area contributed by atoms with Gasteiger partial charge in [0.05, 0.1) is 13.0 Å². The lowest BCUT2D eigenvalue weighted by atomic mass is 9.78. The first-order valence-electron chi connectivity index (χ1n) is 13.6. The van der Waals surface area contributed by atoms with Gasteiger partial charge in [-0.1, -0.05) is 82.6 Å². The van der Waals surface area contributed by atoms with Gasteiger partial charge in [0, 0.05) is 0 Å². The lowest BCUT2D eigenvalue weighted by molar-refractivity contribution is -0.181. The number of ether oxygens (including phenoxy) is 2. The van der Waals surface area contributed by atoms with Gasteiger partial charge < -0.3 is 9.47 Å². The molecular formula is C30H40F4O2. The van der Waals surface area contributed by atoms with Gasteiger partial charge in [-0.3, -0.25) is 0 Å². The average molecular weight is 509 g/mol. The summed E-state index contributed by atoms with van der Waals surface area (Å²) in [6, 6.07) is 9.75. The molecule has 1 aliphatic rings. The predicted molar refractivity (Wildman–Crippen MR) is 136 cm³/mol. The lowest BCUT2D eigenvalue weighted by Crippen LogP contribution is -2.26. The van der Waals surface area contributed by atoms with E-state index in [1.807, 2.05) is 24.3 Å². The van der Waals surface area contributed by atoms with Crippen molar-refractivity contribution in [2.45, 2.75) is 97.0 Å². The minimum Gasteiger partial charge on any atom is -0.491 e. The first-order chi connectivity index (χ1) is 17.3. The summed E-state index contributed by atoms with van der Waals surface area (Å²) in [5.74, 6) is -2.13. The van der Waals surface area contributed by atoms with Crippen LogP contribution in [-0.2, 0) is 12.8 Å². The second kappa shape index (κ2) is 13.9. The van der Waals surface area contributed by atoms with Gasteiger partial charge in [0.15, 0.2) is 11.5 Å². The van der Waals surface area contributed by atoms with Crippen molar-refractivity contribution in [2.75, 3.05) is 6.61 Å². The number of hydrogen-bond acceptors (Lipinski definition) is 2. The maximum absolute atomic E-state index is 14.3. The Bertz CT molecular complexity index is 921. The molecule has 2 aromatic carbocycles. The number of unbranched alkanes of at least 4 members (excludes halogenated alkanes) is 1. The number of benzene rings is 2. The maximum Gasteiger partial charge on any atom is 0.398 e. The largest absolute Gasteiger partial charge is 0.491 e. The van der Waals surface area contributed by atoms with Gasteiger partial charge in [-0.2, -0.15) is 17.6 Å². The van der Waals surface area contributed by atoms with E-state index in [0.29, 0.717) is 0 Å². The fourth-order valence-corrected chi connectivity index (χ4v) is 5.21. The molecule has 0 bridgehead atoms. The molecule has 0 saturated heterocycles. The molecule has 3 rings (SSSR count). The normalized spacial score (nSPS) is 18.3. The minimum absolute atomic E-state index is 0.0646. The van der Waals surface area contributed by atoms with Crippen LogP contribution in [0.3, 0.4) is 0 Å². The molecule has 2 nitrogen and oxygen atoms in total. The van der Waals surface area contributed by atoms with Crippen LogP contribution in [-0.4, -0.2) is 12.7 Å². The van der Waals surface area contributed by atoms with Gasteiger partial charge in [0.2, 0.25) is 11.6 Å². The van der Waals surface area contributed by atoms with Crippen LogP contribution in [0, 0.1) is 23.5 Å². The van der Waals surface area contributed by atoms with Crippen LogP contribution in [0.2, 0.25) is 0 Å². The fraction of sp³-hybridized carbons (Fsp3) is 0.600. The van der Waals surface area contributed by atoms with E-state index >= 15 is 0 Å². The Hall–Kier alpha value is -2.24. The van der Waals surface area contributed by atoms with E-state index < -0.39 is 29.9 Å². The molecule has 200 valence electrons. The van der Waals surface area contributed by atoms with Crippen molar-refractivity contribution in [3.05, 3.63) is 59.2 Å². The summed E-state index contributed by atoms with van der Waals surface area (Å²) in [5.41, 5.74) is 1.96. The highest BCUT2D eigenvalue weighted by Crippen LogP contribution is 2.35. The van der Waals surface area contributed by atoms with Crippen molar-refractivity contribution in [1.82, 2.24) is 0 Å². The van der Waals surface area contributed by atoms with Crippen LogP contribution < -0.4 is 9.47 Å². The SMILES string of the molecule is CCCC1CCC(CCCCc2ccc(CCC(F)(F)Oc3ccc(OCC)c(F)c3F)cc2)CC1. The topological polar surface area (TPSA) is 18.5 Å². The van der Waals surface area contributed by atoms with Crippen molar-refractivity contribution >= 4 is 0 Å². The van der Waals surface area contributed by atoms with E-state index in [4.69, 9.17) is 4.74 Å². The highest BCUT2D eigenvalue weighted by molar-refractivity contribution is 5.35. The van der Waals surface area contributed by atoms with E-state index in [1.165, 1.54) is 56.9 Å². The van der Waals surface area contributed by atoms with Gasteiger partial charge in [0.25, 0.3) is 0 Å². The fourth-order valence-electron chi connectivity index (χ4n) is 5.21. The third-order valence-electron chi connectivity index (χ3n) is 7.29. The standard InChI is InChI=1S/C30H40F4O2/c1-3-7-22-10-12-23(13-11-22)8-5-6-9-24-14-16-25(17-15-24)20-21-30(33,34)36-27-19-18-26(35-4-2)28(31)29(27)32/h14-19,22-23H,3-13,20-21H2,1-2H3. The molecule has 1 saturated carbocycles. The third kappa shape index (κ3) is 8.70. The zero-order valence-electron chi connectivity index (χ0n) is 21.6. The van der Waals surface area contributed by atoms with E-state index in [0.717, 1.165) is 42.4 Å². The van der Waals surface area contributed by atoms with Crippen LogP contribution in [0.25, 0.3) is 0 Å². The maximum atomic E-state index is 14.3. The number of alkyl halides is 2. The van der Waals surface area contributed by atoms with Crippen LogP contribution in [0.4, 0.5) is 17.6 Å². The number of aryl methyl sites for hydroxylation is 2. The summed E-state index contributed by atoms with van der Waals surface area (Å²) in [6.45, 7) is 4.02. The van der Waals surface area contributed by atoms with E-state index in [1.54, 1.807) is 6.92 Å². The van der Waals surface area contributed by atoms with Gasteiger partial charge in [-0.15, -0.1) is 0 Å². The average Bonchev–Trinajstić information content (AvgIpc) is 2.87. The monoisotopic (exact) mass is 508 g/mol. The quantitative estimate of drug-likeness (QED) is 0.187. The Kier molecular flexibility index (Phi) is 10.9. The van der Waals surface area contributed by atoms with Gasteiger partial charge in [0.1, 0.15) is 0 Å². The Morgan fingerprint density at radius 1 is 0.750 bits per heavy atom. The third-order valence-corrected chi connectivity index (χ3v) is 7.29. The van der Waals surface area contributed by atoms with Crippen LogP contribution in [0.15, 0.2) is 36.4 Å². The summed E-state index contributed by atoms with van der Waals surface area (Å²) in [7, 11) is 0. The molecule has 0 aliphatic heterocycles. The Morgan fingerprint density at radius 3 is 1.92 bits per heavy atom. The van der Waals surface area contributed by atoms with Crippen molar-refractivity contribution in [3.63, 3.8) is 0 Å². The van der Waals surface area contributed by atoms with Crippen molar-refractivity contribution in [2.24, 2.45) is 11.8 Å². The van der Waals surface area contributed by atoms with Crippen LogP contribution in [0.1, 0.15) is 89.2 Å². The highest BCUT2D eigenvalue weighted by Gasteiger charge is 2.33. The summed E-state index contributed by atoms with van der Waals surface area (Å²) in [4.78, 5) is 0. The molecule has 1 aliphatic carbocycles. The number of rotatable bonds is 14. The van der Waals surface area contributed by atoms with E-state index in [9.17, 15) is 17.6 Å². The van der Waals surface area contributed by atoms with Crippen LogP contribution >= 0.6 is 0 Å². The van der Waals surface area contributed by atoms with Crippen molar-refractivity contribution in [3.8, 4) is 11.5 Å². The molecule has 0 N–H and O–H groups in total. The van der Waals surface area contributed by atoms with Gasteiger partial charge in [-0.25, -0.2) is 0 Å². The minimum atomic E-state index is -3.63. The summed E-state index contributed by atoms with van der Waals surface area (Å²) in [6.07, 6.45) is 8.72. The molecule has 0 aromatic heterocycles. The van der Waals surface area contributed by atoms with Crippen molar-refractivity contribution in [1.29, 1.82) is 0 Å². The Labute approximate surface area is 213 Å². The molecule has 6 heteroatoms. The molecule has 0 radical (unpaired) electrons. The summed E-state index contributed by atoms with van der Waals surface area (Å²) in [5, 5.41) is 0. The Morgan fingerprint density at radius 2 is 1.31 bits per heavy atom. The molecule has 0 spiro atoms. The molecule has 0 unspecified atom stereocenters. The number of hydrogen-bond donors (Lipinski definition) is 0. The lowest BCUT2D eigenvalue weighted by Gasteiger charge is -2.28. The molecule has 0 heterocycles. The molecule has 36 heavy (non-hydrogen) atoms. The van der Waals surface area contributed by atoms with E-state index in [-0.39, 0.29) is 18.8 Å². The predicted octanol–water partition coefficient (Wildman–Crippen LogP) is 9.29. The highest BCUT2D eigenvalue weighted by atomic mass is 19.3. The Balaban J connectivity index is 1.38. The molecule has 0 atom stereocenters.